The predicted molar refractivity (Wildman–Crippen MR) is 122 cm³/mol. The van der Waals surface area contributed by atoms with E-state index in [0.29, 0.717) is 39.5 Å². The van der Waals surface area contributed by atoms with Gasteiger partial charge in [0.25, 0.3) is 0 Å². The Kier molecular flexibility index (Phi) is 5.34. The third kappa shape index (κ3) is 3.70. The lowest BCUT2D eigenvalue weighted by molar-refractivity contribution is -0.516. The lowest BCUT2D eigenvalue weighted by Gasteiger charge is -2.10. The van der Waals surface area contributed by atoms with Crippen molar-refractivity contribution < 1.29 is 13.9 Å². The van der Waals surface area contributed by atoms with Crippen LogP contribution in [0.3, 0.4) is 0 Å². The molecule has 0 atom stereocenters. The Morgan fingerprint density at radius 2 is 1.97 bits per heavy atom. The molecular formula is C22H19ClFN8O2+. The fourth-order valence-electron chi connectivity index (χ4n) is 3.82. The number of nitrogens with zero attached hydrogens (tertiary/aromatic N) is 6. The van der Waals surface area contributed by atoms with Crippen molar-refractivity contribution in [2.75, 3.05) is 5.73 Å². The van der Waals surface area contributed by atoms with Crippen molar-refractivity contribution in [1.29, 1.82) is 0 Å². The summed E-state index contributed by atoms with van der Waals surface area (Å²) in [5.74, 6) is 0.189. The number of imidazole rings is 1. The van der Waals surface area contributed by atoms with Crippen LogP contribution in [0.1, 0.15) is 11.5 Å². The number of rotatable bonds is 5. The summed E-state index contributed by atoms with van der Waals surface area (Å²) in [4.78, 5) is 26.1. The molecule has 5 rings (SSSR count). The van der Waals surface area contributed by atoms with E-state index in [1.54, 1.807) is 41.2 Å². The monoisotopic (exact) mass is 481 g/mol. The second kappa shape index (κ2) is 8.36. The summed E-state index contributed by atoms with van der Waals surface area (Å²) >= 11 is 6.22. The summed E-state index contributed by atoms with van der Waals surface area (Å²) in [5, 5.41) is 12.9. The van der Waals surface area contributed by atoms with Crippen LogP contribution in [0.15, 0.2) is 53.6 Å². The van der Waals surface area contributed by atoms with Crippen LogP contribution in [-0.4, -0.2) is 34.4 Å². The number of benzene rings is 1. The molecule has 0 amide bonds. The summed E-state index contributed by atoms with van der Waals surface area (Å²) in [6.07, 6.45) is 3.42. The van der Waals surface area contributed by atoms with E-state index in [2.05, 4.69) is 20.1 Å². The Balaban J connectivity index is 1.84. The SMILES string of the molecule is Cn1ccnc1Cn1[nH]c2c(-c3cc(Cl)nc(CO)c3)c(-c3ccc(F)cc3)nc(N)[n+]2c1=O. The van der Waals surface area contributed by atoms with Crippen molar-refractivity contribution in [2.45, 2.75) is 13.2 Å². The van der Waals surface area contributed by atoms with E-state index in [0.717, 1.165) is 0 Å². The van der Waals surface area contributed by atoms with Gasteiger partial charge in [-0.2, -0.15) is 4.68 Å². The van der Waals surface area contributed by atoms with Crippen LogP contribution in [0, 0.1) is 5.82 Å². The molecule has 10 nitrogen and oxygen atoms in total. The first-order valence-corrected chi connectivity index (χ1v) is 10.6. The molecule has 34 heavy (non-hydrogen) atoms. The van der Waals surface area contributed by atoms with Gasteiger partial charge in [-0.05, 0) is 42.0 Å². The average molecular weight is 482 g/mol. The van der Waals surface area contributed by atoms with Crippen molar-refractivity contribution in [3.8, 4) is 22.4 Å². The van der Waals surface area contributed by atoms with Crippen LogP contribution >= 0.6 is 11.6 Å². The first kappa shape index (κ1) is 21.7. The third-order valence-electron chi connectivity index (χ3n) is 5.45. The number of halogens is 2. The summed E-state index contributed by atoms with van der Waals surface area (Å²) in [6.45, 7) is -0.178. The number of anilines is 1. The van der Waals surface area contributed by atoms with Crippen LogP contribution in [0.4, 0.5) is 10.3 Å². The zero-order chi connectivity index (χ0) is 24.0. The van der Waals surface area contributed by atoms with E-state index in [4.69, 9.17) is 17.3 Å². The van der Waals surface area contributed by atoms with Gasteiger partial charge in [-0.15, -0.1) is 9.38 Å². The largest absolute Gasteiger partial charge is 0.428 e. The Morgan fingerprint density at radius 1 is 1.21 bits per heavy atom. The molecular weight excluding hydrogens is 463 g/mol. The fourth-order valence-corrected chi connectivity index (χ4v) is 4.05. The zero-order valence-electron chi connectivity index (χ0n) is 17.9. The molecule has 4 aromatic heterocycles. The van der Waals surface area contributed by atoms with Gasteiger partial charge in [0, 0.05) is 25.0 Å². The van der Waals surface area contributed by atoms with Gasteiger partial charge in [0.05, 0.1) is 17.9 Å². The maximum Gasteiger partial charge on any atom is 0.428 e. The van der Waals surface area contributed by atoms with Gasteiger partial charge in [-0.25, -0.2) is 24.3 Å². The first-order valence-electron chi connectivity index (χ1n) is 10.2. The molecule has 0 fully saturated rings. The molecule has 0 aliphatic carbocycles. The second-order valence-corrected chi connectivity index (χ2v) is 8.03. The highest BCUT2D eigenvalue weighted by atomic mass is 35.5. The number of H-pyrrole nitrogens is 1. The molecule has 0 aliphatic heterocycles. The third-order valence-corrected chi connectivity index (χ3v) is 5.65. The number of aliphatic hydroxyl groups is 1. The first-order chi connectivity index (χ1) is 16.4. The second-order valence-electron chi connectivity index (χ2n) is 7.65. The van der Waals surface area contributed by atoms with Gasteiger partial charge in [0.2, 0.25) is 5.65 Å². The number of nitrogens with two attached hydrogens (primary N) is 1. The molecule has 172 valence electrons. The number of hydrogen-bond donors (Lipinski definition) is 3. The van der Waals surface area contributed by atoms with E-state index in [1.165, 1.54) is 21.2 Å². The summed E-state index contributed by atoms with van der Waals surface area (Å²) in [7, 11) is 1.83. The summed E-state index contributed by atoms with van der Waals surface area (Å²) < 4.78 is 18.0. The quantitative estimate of drug-likeness (QED) is 0.258. The number of fused-ring (bicyclic) bond motifs is 1. The van der Waals surface area contributed by atoms with Gasteiger partial charge < -0.3 is 15.4 Å². The molecule has 0 saturated carbocycles. The molecule has 0 spiro atoms. The lowest BCUT2D eigenvalue weighted by atomic mass is 10.00. The van der Waals surface area contributed by atoms with Crippen LogP contribution in [0.25, 0.3) is 28.0 Å². The molecule has 0 saturated heterocycles. The maximum atomic E-state index is 13.6. The van der Waals surface area contributed by atoms with Gasteiger partial charge in [-0.1, -0.05) is 11.6 Å². The highest BCUT2D eigenvalue weighted by molar-refractivity contribution is 6.29. The lowest BCUT2D eigenvalue weighted by Crippen LogP contribution is -2.44. The number of aromatic nitrogens is 7. The maximum absolute atomic E-state index is 13.6. The Bertz CT molecular complexity index is 1590. The van der Waals surface area contributed by atoms with Crippen molar-refractivity contribution in [3.63, 3.8) is 0 Å². The molecule has 0 aliphatic rings. The summed E-state index contributed by atoms with van der Waals surface area (Å²) in [6, 6.07) is 8.98. The number of nitrogen functional groups attached to an aromatic ring is 1. The Hall–Kier alpha value is -4.09. The number of aliphatic hydroxyl groups excluding tert-OH is 1. The van der Waals surface area contributed by atoms with Crippen molar-refractivity contribution >= 4 is 23.2 Å². The van der Waals surface area contributed by atoms with E-state index in [1.807, 2.05) is 7.05 Å². The zero-order valence-corrected chi connectivity index (χ0v) is 18.7. The van der Waals surface area contributed by atoms with Gasteiger partial charge >= 0.3 is 11.6 Å². The van der Waals surface area contributed by atoms with Crippen molar-refractivity contribution in [2.24, 2.45) is 7.05 Å². The molecule has 4 N–H and O–H groups in total. The minimum Gasteiger partial charge on any atom is -0.390 e. The van der Waals surface area contributed by atoms with Crippen LogP contribution in [0.5, 0.6) is 0 Å². The van der Waals surface area contributed by atoms with E-state index < -0.39 is 11.5 Å². The normalized spacial score (nSPS) is 11.4. The van der Waals surface area contributed by atoms with Crippen LogP contribution < -0.4 is 15.8 Å². The van der Waals surface area contributed by atoms with Gasteiger partial charge in [0.15, 0.2) is 0 Å². The molecule has 0 radical (unpaired) electrons. The fraction of sp³-hybridized carbons (Fsp3) is 0.136. The molecule has 5 aromatic rings. The number of nitrogens with one attached hydrogen (secondary N) is 1. The van der Waals surface area contributed by atoms with E-state index in [-0.39, 0.29) is 24.3 Å². The van der Waals surface area contributed by atoms with Gasteiger partial charge in [-0.3, -0.25) is 0 Å². The topological polar surface area (TPSA) is 132 Å². The number of hydrogen-bond acceptors (Lipinski definition) is 6. The van der Waals surface area contributed by atoms with Crippen LogP contribution in [0.2, 0.25) is 5.15 Å². The molecule has 4 heterocycles. The van der Waals surface area contributed by atoms with Crippen molar-refractivity contribution in [1.82, 2.24) is 29.3 Å². The smallest absolute Gasteiger partial charge is 0.390 e. The summed E-state index contributed by atoms with van der Waals surface area (Å²) in [5.41, 5.74) is 8.44. The predicted octanol–water partition coefficient (Wildman–Crippen LogP) is 1.69. The van der Waals surface area contributed by atoms with E-state index in [9.17, 15) is 14.3 Å². The number of pyridine rings is 1. The minimum absolute atomic E-state index is 0.0551. The highest BCUT2D eigenvalue weighted by Crippen LogP contribution is 2.34. The molecule has 0 bridgehead atoms. The highest BCUT2D eigenvalue weighted by Gasteiger charge is 2.26. The molecule has 0 unspecified atom stereocenters. The molecule has 12 heteroatoms. The Labute approximate surface area is 196 Å². The average Bonchev–Trinajstić information content (AvgIpc) is 3.36. The van der Waals surface area contributed by atoms with Crippen molar-refractivity contribution in [3.05, 3.63) is 81.8 Å². The Morgan fingerprint density at radius 3 is 2.65 bits per heavy atom. The number of aromatic amines is 1. The number of aryl methyl sites for hydroxylation is 1. The standard InChI is InChI=1S/C22H18ClFN8O2/c1-30-7-6-26-17(30)10-31-22(34)32-20(29-31)18(13-8-15(11-33)27-16(23)9-13)19(28-21(32)25)12-2-4-14(24)5-3-12/h2-9,33H,10-11H2,1H3,(H2,25,27,28,29)/p+1. The van der Waals surface area contributed by atoms with Crippen LogP contribution in [-0.2, 0) is 20.2 Å². The minimum atomic E-state index is -0.447. The molecule has 1 aromatic carbocycles. The van der Waals surface area contributed by atoms with E-state index >= 15 is 0 Å². The van der Waals surface area contributed by atoms with Gasteiger partial charge in [0.1, 0.15) is 29.0 Å².